The van der Waals surface area contributed by atoms with Gasteiger partial charge in [-0.15, -0.1) is 0 Å². The van der Waals surface area contributed by atoms with Gasteiger partial charge in [0.25, 0.3) is 7.37 Å². The fourth-order valence-corrected chi connectivity index (χ4v) is 3.33. The molecule has 0 amide bonds. The molecule has 0 aliphatic carbocycles. The van der Waals surface area contributed by atoms with Gasteiger partial charge >= 0.3 is 0 Å². The molecular weight excluding hydrogens is 223 g/mol. The van der Waals surface area contributed by atoms with Gasteiger partial charge in [0, 0.05) is 19.3 Å². The van der Waals surface area contributed by atoms with Crippen LogP contribution >= 0.6 is 7.37 Å². The van der Waals surface area contributed by atoms with Crippen molar-refractivity contribution < 1.29 is 13.9 Å². The minimum atomic E-state index is -3.35. The van der Waals surface area contributed by atoms with Gasteiger partial charge in [-0.05, 0) is 43.5 Å². The van der Waals surface area contributed by atoms with Crippen LogP contribution in [-0.2, 0) is 13.9 Å². The fraction of sp³-hybridized carbons (Fsp3) is 0.417. The first kappa shape index (κ1) is 13.1. The Morgan fingerprint density at radius 2 is 1.75 bits per heavy atom. The topological polar surface area (TPSA) is 43.4 Å². The summed E-state index contributed by atoms with van der Waals surface area (Å²) >= 11 is 0. The number of carbonyl (C=O) groups is 1. The second-order valence-corrected chi connectivity index (χ2v) is 6.48. The predicted octanol–water partition coefficient (Wildman–Crippen LogP) is 2.71. The molecule has 3 nitrogen and oxygen atoms in total. The molecule has 88 valence electrons. The Labute approximate surface area is 96.3 Å². The molecule has 1 aromatic carbocycles. The SMILES string of the molecule is COP(=O)(C(C)=O)c1ccc(C)c(C)c1C. The normalized spacial score (nSPS) is 14.6. The van der Waals surface area contributed by atoms with E-state index in [1.807, 2.05) is 26.8 Å². The molecule has 0 saturated carbocycles. The quantitative estimate of drug-likeness (QED) is 0.763. The van der Waals surface area contributed by atoms with Crippen molar-refractivity contribution in [2.45, 2.75) is 27.7 Å². The number of hydrogen-bond donors (Lipinski definition) is 0. The summed E-state index contributed by atoms with van der Waals surface area (Å²) in [5.74, 6) is 0. The Hall–Kier alpha value is -0.920. The molecule has 1 rings (SSSR count). The summed E-state index contributed by atoms with van der Waals surface area (Å²) < 4.78 is 17.4. The van der Waals surface area contributed by atoms with E-state index in [9.17, 15) is 9.36 Å². The highest BCUT2D eigenvalue weighted by Crippen LogP contribution is 2.46. The molecule has 0 spiro atoms. The average Bonchev–Trinajstić information content (AvgIpc) is 2.25. The van der Waals surface area contributed by atoms with Crippen molar-refractivity contribution in [3.05, 3.63) is 28.8 Å². The maximum atomic E-state index is 12.4. The molecule has 1 unspecified atom stereocenters. The zero-order chi connectivity index (χ0) is 12.5. The number of aryl methyl sites for hydroxylation is 1. The highest BCUT2D eigenvalue weighted by molar-refractivity contribution is 7.82. The van der Waals surface area contributed by atoms with Gasteiger partial charge in [0.2, 0.25) is 5.52 Å². The standard InChI is InChI=1S/C12H17O3P/c1-8-6-7-12(10(3)9(8)2)16(14,15-5)11(4)13/h6-7H,1-5H3. The molecule has 0 aliphatic heterocycles. The summed E-state index contributed by atoms with van der Waals surface area (Å²) in [5.41, 5.74) is 2.63. The summed E-state index contributed by atoms with van der Waals surface area (Å²) in [7, 11) is -2.03. The van der Waals surface area contributed by atoms with Crippen LogP contribution in [0.3, 0.4) is 0 Å². The van der Waals surface area contributed by atoms with E-state index in [0.717, 1.165) is 16.7 Å². The summed E-state index contributed by atoms with van der Waals surface area (Å²) in [6.07, 6.45) is 0. The first-order valence-electron chi connectivity index (χ1n) is 5.09. The largest absolute Gasteiger partial charge is 0.323 e. The van der Waals surface area contributed by atoms with Gasteiger partial charge in [-0.3, -0.25) is 9.36 Å². The maximum Gasteiger partial charge on any atom is 0.295 e. The van der Waals surface area contributed by atoms with Gasteiger partial charge < -0.3 is 4.52 Å². The van der Waals surface area contributed by atoms with E-state index in [1.165, 1.54) is 14.0 Å². The van der Waals surface area contributed by atoms with Crippen LogP contribution in [0, 0.1) is 20.8 Å². The highest BCUT2D eigenvalue weighted by atomic mass is 31.2. The Morgan fingerprint density at radius 1 is 1.19 bits per heavy atom. The third kappa shape index (κ3) is 1.98. The number of hydrogen-bond acceptors (Lipinski definition) is 3. The van der Waals surface area contributed by atoms with Crippen molar-refractivity contribution in [3.63, 3.8) is 0 Å². The van der Waals surface area contributed by atoms with Gasteiger partial charge in [-0.25, -0.2) is 0 Å². The van der Waals surface area contributed by atoms with E-state index in [0.29, 0.717) is 5.30 Å². The van der Waals surface area contributed by atoms with Gasteiger partial charge in [0.15, 0.2) is 0 Å². The van der Waals surface area contributed by atoms with Crippen molar-refractivity contribution >= 4 is 18.2 Å². The van der Waals surface area contributed by atoms with E-state index in [1.54, 1.807) is 6.07 Å². The molecule has 4 heteroatoms. The van der Waals surface area contributed by atoms with Crippen LogP contribution in [0.15, 0.2) is 12.1 Å². The van der Waals surface area contributed by atoms with Gasteiger partial charge in [0.1, 0.15) is 0 Å². The van der Waals surface area contributed by atoms with Crippen molar-refractivity contribution in [1.82, 2.24) is 0 Å². The fourth-order valence-electron chi connectivity index (χ4n) is 1.66. The van der Waals surface area contributed by atoms with E-state index in [2.05, 4.69) is 0 Å². The molecule has 0 heterocycles. The van der Waals surface area contributed by atoms with Gasteiger partial charge in [0.05, 0.1) is 0 Å². The molecule has 0 bridgehead atoms. The minimum Gasteiger partial charge on any atom is -0.323 e. The Bertz CT molecular complexity index is 477. The molecule has 0 aromatic heterocycles. The summed E-state index contributed by atoms with van der Waals surface area (Å²) in [6, 6.07) is 3.59. The van der Waals surface area contributed by atoms with Crippen molar-refractivity contribution in [3.8, 4) is 0 Å². The van der Waals surface area contributed by atoms with Crippen molar-refractivity contribution in [2.75, 3.05) is 7.11 Å². The molecule has 0 aliphatic rings. The van der Waals surface area contributed by atoms with E-state index in [4.69, 9.17) is 4.52 Å². The van der Waals surface area contributed by atoms with Crippen LogP contribution in [0.1, 0.15) is 23.6 Å². The molecule has 0 fully saturated rings. The molecule has 0 N–H and O–H groups in total. The summed E-state index contributed by atoms with van der Waals surface area (Å²) in [4.78, 5) is 11.5. The van der Waals surface area contributed by atoms with Gasteiger partial charge in [-0.2, -0.15) is 0 Å². The number of rotatable bonds is 3. The second kappa shape index (κ2) is 4.52. The minimum absolute atomic E-state index is 0.415. The van der Waals surface area contributed by atoms with E-state index in [-0.39, 0.29) is 0 Å². The Morgan fingerprint density at radius 3 is 2.19 bits per heavy atom. The van der Waals surface area contributed by atoms with E-state index < -0.39 is 12.9 Å². The smallest absolute Gasteiger partial charge is 0.295 e. The Balaban J connectivity index is 3.51. The van der Waals surface area contributed by atoms with Crippen LogP contribution in [0.5, 0.6) is 0 Å². The second-order valence-electron chi connectivity index (χ2n) is 3.90. The van der Waals surface area contributed by atoms with Crippen molar-refractivity contribution in [2.24, 2.45) is 0 Å². The van der Waals surface area contributed by atoms with Crippen LogP contribution < -0.4 is 5.30 Å². The lowest BCUT2D eigenvalue weighted by Crippen LogP contribution is -2.16. The number of benzene rings is 1. The van der Waals surface area contributed by atoms with Crippen LogP contribution in [0.25, 0.3) is 0 Å². The zero-order valence-electron chi connectivity index (χ0n) is 10.3. The van der Waals surface area contributed by atoms with Crippen LogP contribution in [-0.4, -0.2) is 12.6 Å². The first-order chi connectivity index (χ1) is 7.34. The molecular formula is C12H17O3P. The van der Waals surface area contributed by atoms with Crippen LogP contribution in [0.2, 0.25) is 0 Å². The summed E-state index contributed by atoms with van der Waals surface area (Å²) in [5, 5.41) is 0.519. The third-order valence-electron chi connectivity index (χ3n) is 3.02. The highest BCUT2D eigenvalue weighted by Gasteiger charge is 2.32. The number of carbonyl (C=O) groups excluding carboxylic acids is 1. The monoisotopic (exact) mass is 240 g/mol. The third-order valence-corrected chi connectivity index (χ3v) is 5.48. The zero-order valence-corrected chi connectivity index (χ0v) is 11.2. The maximum absolute atomic E-state index is 12.4. The van der Waals surface area contributed by atoms with E-state index >= 15 is 0 Å². The molecule has 1 atom stereocenters. The first-order valence-corrected chi connectivity index (χ1v) is 6.71. The molecule has 0 saturated heterocycles. The lowest BCUT2D eigenvalue weighted by molar-refractivity contribution is -0.110. The summed E-state index contributed by atoms with van der Waals surface area (Å²) in [6.45, 7) is 7.11. The molecule has 16 heavy (non-hydrogen) atoms. The lowest BCUT2D eigenvalue weighted by Gasteiger charge is -2.17. The van der Waals surface area contributed by atoms with Gasteiger partial charge in [-0.1, -0.05) is 6.07 Å². The molecule has 1 aromatic rings. The lowest BCUT2D eigenvalue weighted by atomic mass is 10.1. The predicted molar refractivity (Wildman–Crippen MR) is 65.6 cm³/mol. The average molecular weight is 240 g/mol. The Kier molecular flexibility index (Phi) is 3.72. The van der Waals surface area contributed by atoms with Crippen molar-refractivity contribution in [1.29, 1.82) is 0 Å². The van der Waals surface area contributed by atoms with Crippen LogP contribution in [0.4, 0.5) is 0 Å². The molecule has 0 radical (unpaired) electrons.